The second kappa shape index (κ2) is 15.0. The first-order valence-corrected chi connectivity index (χ1v) is 18.8. The lowest BCUT2D eigenvalue weighted by atomic mass is 9.82. The van der Waals surface area contributed by atoms with Gasteiger partial charge in [-0.2, -0.15) is 0 Å². The van der Waals surface area contributed by atoms with Gasteiger partial charge in [0.05, 0.1) is 11.3 Å². The number of carbonyl (C=O) groups is 4. The van der Waals surface area contributed by atoms with E-state index in [0.717, 1.165) is 58.4 Å². The maximum atomic E-state index is 13.2. The summed E-state index contributed by atoms with van der Waals surface area (Å²) in [4.78, 5) is 57.4. The number of carbonyl (C=O) groups excluding carboxylic acids is 3. The molecule has 2 aliphatic heterocycles. The largest absolute Gasteiger partial charge is 0.489 e. The molecule has 3 heterocycles. The van der Waals surface area contributed by atoms with Crippen LogP contribution >= 0.6 is 0 Å². The zero-order valence-corrected chi connectivity index (χ0v) is 31.1. The molecule has 4 aromatic rings. The van der Waals surface area contributed by atoms with E-state index in [0.29, 0.717) is 44.3 Å². The molecule has 3 aromatic carbocycles. The molecule has 3 fully saturated rings. The van der Waals surface area contributed by atoms with E-state index in [1.807, 2.05) is 48.3 Å². The average Bonchev–Trinajstić information content (AvgIpc) is 3.73. The zero-order chi connectivity index (χ0) is 37.4. The lowest BCUT2D eigenvalue weighted by Gasteiger charge is -2.42. The van der Waals surface area contributed by atoms with Crippen LogP contribution in [-0.4, -0.2) is 89.5 Å². The summed E-state index contributed by atoms with van der Waals surface area (Å²) in [6.07, 6.45) is 7.21. The highest BCUT2D eigenvalue weighted by molar-refractivity contribution is 5.98. The summed E-state index contributed by atoms with van der Waals surface area (Å²) in [5.41, 5.74) is 7.27. The van der Waals surface area contributed by atoms with E-state index < -0.39 is 12.0 Å². The van der Waals surface area contributed by atoms with E-state index in [2.05, 4.69) is 21.6 Å². The number of ether oxygens (including phenoxy) is 1. The maximum absolute atomic E-state index is 13.2. The molecule has 1 atom stereocenters. The van der Waals surface area contributed by atoms with Crippen LogP contribution in [0.15, 0.2) is 60.7 Å². The van der Waals surface area contributed by atoms with Gasteiger partial charge in [0.2, 0.25) is 17.7 Å². The molecule has 0 bridgehead atoms. The van der Waals surface area contributed by atoms with Crippen molar-refractivity contribution in [1.82, 2.24) is 14.4 Å². The van der Waals surface area contributed by atoms with Gasteiger partial charge >= 0.3 is 5.97 Å². The number of fused-ring (bicyclic) bond motifs is 1. The molecule has 1 N–H and O–H groups in total. The van der Waals surface area contributed by atoms with Gasteiger partial charge in [0, 0.05) is 88.5 Å². The SMILES string of the molecule is CC(=O)N1CCN(c2ccc(N3CCCC3=O)cc2COc2ccc(-c3c(C4CCCCC4)c4ccc(C(=O)O)cc4n3C)cc2)CC1C(=O)N(C)C. The first kappa shape index (κ1) is 36.1. The normalized spacial score (nSPS) is 18.2. The van der Waals surface area contributed by atoms with Crippen LogP contribution in [0.25, 0.3) is 22.2 Å². The van der Waals surface area contributed by atoms with Crippen molar-refractivity contribution in [2.45, 2.75) is 70.4 Å². The minimum absolute atomic E-state index is 0.104. The number of anilines is 2. The summed E-state index contributed by atoms with van der Waals surface area (Å²) >= 11 is 0. The molecule has 2 saturated heterocycles. The molecule has 3 amide bonds. The lowest BCUT2D eigenvalue weighted by molar-refractivity contribution is -0.143. The third kappa shape index (κ3) is 7.09. The standard InChI is InChI=1S/C42H49N5O6/c1-27(48)46-22-21-45(25-37(46)41(50)43(2)3)35-19-15-32(47-20-8-11-38(47)49)23-31(35)26-53-33-16-12-29(13-17-33)40-39(28-9-6-5-7-10-28)34-18-14-30(42(51)52)24-36(34)44(40)4/h12-19,23-24,28,37H,5-11,20-22,25-26H2,1-4H3,(H,51,52). The van der Waals surface area contributed by atoms with Crippen LogP contribution in [0.2, 0.25) is 0 Å². The van der Waals surface area contributed by atoms with Crippen LogP contribution in [0.4, 0.5) is 11.4 Å². The molecule has 1 saturated carbocycles. The van der Waals surface area contributed by atoms with Gasteiger partial charge in [-0.05, 0) is 90.9 Å². The van der Waals surface area contributed by atoms with Gasteiger partial charge in [-0.25, -0.2) is 4.79 Å². The molecule has 53 heavy (non-hydrogen) atoms. The number of aromatic carboxylic acids is 1. The number of amides is 3. The Hall–Kier alpha value is -5.32. The fourth-order valence-corrected chi connectivity index (χ4v) is 8.60. The first-order valence-electron chi connectivity index (χ1n) is 18.8. The third-order valence-corrected chi connectivity index (χ3v) is 11.3. The second-order valence-electron chi connectivity index (χ2n) is 14.9. The fourth-order valence-electron chi connectivity index (χ4n) is 8.60. The molecule has 11 heteroatoms. The second-order valence-corrected chi connectivity index (χ2v) is 14.9. The van der Waals surface area contributed by atoms with Crippen LogP contribution in [0.1, 0.15) is 79.3 Å². The molecule has 1 aliphatic carbocycles. The number of rotatable bonds is 9. The predicted molar refractivity (Wildman–Crippen MR) is 206 cm³/mol. The number of nitrogens with zero attached hydrogens (tertiary/aromatic N) is 5. The summed E-state index contributed by atoms with van der Waals surface area (Å²) in [6.45, 7) is 3.74. The maximum Gasteiger partial charge on any atom is 0.335 e. The van der Waals surface area contributed by atoms with Crippen molar-refractivity contribution < 1.29 is 29.0 Å². The van der Waals surface area contributed by atoms with Crippen molar-refractivity contribution in [2.75, 3.05) is 50.1 Å². The van der Waals surface area contributed by atoms with Crippen molar-refractivity contribution in [3.05, 3.63) is 77.4 Å². The summed E-state index contributed by atoms with van der Waals surface area (Å²) in [7, 11) is 5.43. The van der Waals surface area contributed by atoms with Gasteiger partial charge in [-0.3, -0.25) is 14.4 Å². The van der Waals surface area contributed by atoms with E-state index in [9.17, 15) is 24.3 Å². The van der Waals surface area contributed by atoms with Crippen LogP contribution in [0.5, 0.6) is 5.75 Å². The number of benzene rings is 3. The molecule has 3 aliphatic rings. The summed E-state index contributed by atoms with van der Waals surface area (Å²) in [5.74, 6) is 0.0206. The Bertz CT molecular complexity index is 2050. The molecule has 7 rings (SSSR count). The quantitative estimate of drug-likeness (QED) is 0.212. The van der Waals surface area contributed by atoms with Crippen LogP contribution in [-0.2, 0) is 28.0 Å². The van der Waals surface area contributed by atoms with Gasteiger partial charge in [0.1, 0.15) is 18.4 Å². The smallest absolute Gasteiger partial charge is 0.335 e. The van der Waals surface area contributed by atoms with Crippen molar-refractivity contribution in [3.8, 4) is 17.0 Å². The number of carboxylic acids is 1. The Morgan fingerprint density at radius 1 is 0.906 bits per heavy atom. The van der Waals surface area contributed by atoms with Crippen LogP contribution < -0.4 is 14.5 Å². The van der Waals surface area contributed by atoms with Crippen molar-refractivity contribution in [1.29, 1.82) is 0 Å². The zero-order valence-electron chi connectivity index (χ0n) is 31.1. The summed E-state index contributed by atoms with van der Waals surface area (Å²) in [6, 6.07) is 19.0. The van der Waals surface area contributed by atoms with Gasteiger partial charge in [0.15, 0.2) is 0 Å². The average molecular weight is 720 g/mol. The highest BCUT2D eigenvalue weighted by Gasteiger charge is 2.36. The first-order chi connectivity index (χ1) is 25.5. The number of aromatic nitrogens is 1. The minimum Gasteiger partial charge on any atom is -0.489 e. The molecule has 0 radical (unpaired) electrons. The molecular weight excluding hydrogens is 670 g/mol. The van der Waals surface area contributed by atoms with Gasteiger partial charge in [-0.1, -0.05) is 25.3 Å². The van der Waals surface area contributed by atoms with Gasteiger partial charge in [-0.15, -0.1) is 0 Å². The molecule has 1 unspecified atom stereocenters. The van der Waals surface area contributed by atoms with E-state index >= 15 is 0 Å². The Labute approximate surface area is 310 Å². The highest BCUT2D eigenvalue weighted by atomic mass is 16.5. The Morgan fingerprint density at radius 3 is 2.32 bits per heavy atom. The van der Waals surface area contributed by atoms with Crippen molar-refractivity contribution >= 4 is 46.0 Å². The summed E-state index contributed by atoms with van der Waals surface area (Å²) < 4.78 is 8.60. The number of hydrogen-bond acceptors (Lipinski definition) is 6. The Balaban J connectivity index is 1.19. The third-order valence-electron chi connectivity index (χ3n) is 11.3. The molecule has 1 aromatic heterocycles. The topological polar surface area (TPSA) is 116 Å². The molecule has 11 nitrogen and oxygen atoms in total. The summed E-state index contributed by atoms with van der Waals surface area (Å²) in [5, 5.41) is 10.8. The number of likely N-dealkylation sites (N-methyl/N-ethyl adjacent to an activating group) is 1. The number of piperazine rings is 1. The minimum atomic E-state index is -0.934. The van der Waals surface area contributed by atoms with E-state index in [1.165, 1.54) is 36.6 Å². The van der Waals surface area contributed by atoms with Crippen LogP contribution in [0, 0.1) is 0 Å². The monoisotopic (exact) mass is 719 g/mol. The van der Waals surface area contributed by atoms with Crippen molar-refractivity contribution in [3.63, 3.8) is 0 Å². The molecular formula is C42H49N5O6. The Kier molecular flexibility index (Phi) is 10.2. The number of carboxylic acid groups (broad SMARTS) is 1. The van der Waals surface area contributed by atoms with E-state index in [4.69, 9.17) is 4.74 Å². The lowest BCUT2D eigenvalue weighted by Crippen LogP contribution is -2.60. The van der Waals surface area contributed by atoms with Crippen molar-refractivity contribution in [2.24, 2.45) is 7.05 Å². The molecule has 0 spiro atoms. The number of aryl methyl sites for hydroxylation is 1. The molecule has 278 valence electrons. The van der Waals surface area contributed by atoms with Gasteiger partial charge in [0.25, 0.3) is 0 Å². The van der Waals surface area contributed by atoms with E-state index in [-0.39, 0.29) is 29.9 Å². The van der Waals surface area contributed by atoms with E-state index in [1.54, 1.807) is 31.1 Å². The van der Waals surface area contributed by atoms with Gasteiger partial charge < -0.3 is 34.0 Å². The predicted octanol–water partition coefficient (Wildman–Crippen LogP) is 6.42. The van der Waals surface area contributed by atoms with Crippen LogP contribution in [0.3, 0.4) is 0 Å². The number of hydrogen-bond donors (Lipinski definition) is 1. The Morgan fingerprint density at radius 2 is 1.66 bits per heavy atom. The fraction of sp³-hybridized carbons (Fsp3) is 0.429. The highest BCUT2D eigenvalue weighted by Crippen LogP contribution is 2.44.